The second-order valence-corrected chi connectivity index (χ2v) is 6.94. The molecule has 3 aromatic heterocycles. The SMILES string of the molecule is Clc1ccc(OCc2ccc(-c3nc4c5ccccc5ncn4n3)o2)c(Cl)c1. The van der Waals surface area contributed by atoms with Crippen molar-refractivity contribution in [1.29, 1.82) is 0 Å². The molecule has 6 nitrogen and oxygen atoms in total. The minimum absolute atomic E-state index is 0.221. The van der Waals surface area contributed by atoms with Crippen molar-refractivity contribution in [3.05, 3.63) is 76.7 Å². The number of para-hydroxylation sites is 1. The molecule has 0 bridgehead atoms. The average molecular weight is 411 g/mol. The topological polar surface area (TPSA) is 65.5 Å². The van der Waals surface area contributed by atoms with Crippen LogP contribution in [-0.4, -0.2) is 19.6 Å². The molecule has 5 aromatic rings. The molecule has 0 unspecified atom stereocenters. The van der Waals surface area contributed by atoms with Crippen molar-refractivity contribution in [3.8, 4) is 17.3 Å². The van der Waals surface area contributed by atoms with E-state index < -0.39 is 0 Å². The Hall–Kier alpha value is -3.09. The molecule has 28 heavy (non-hydrogen) atoms. The van der Waals surface area contributed by atoms with Crippen LogP contribution in [0.1, 0.15) is 5.76 Å². The maximum atomic E-state index is 6.12. The minimum Gasteiger partial charge on any atom is -0.484 e. The fourth-order valence-corrected chi connectivity index (χ4v) is 3.36. The maximum absolute atomic E-state index is 6.12. The lowest BCUT2D eigenvalue weighted by Gasteiger charge is -2.06. The summed E-state index contributed by atoms with van der Waals surface area (Å²) in [5, 5.41) is 6.39. The smallest absolute Gasteiger partial charge is 0.217 e. The van der Waals surface area contributed by atoms with Gasteiger partial charge in [-0.15, -0.1) is 5.10 Å². The van der Waals surface area contributed by atoms with Gasteiger partial charge in [0.25, 0.3) is 0 Å². The zero-order chi connectivity index (χ0) is 19.1. The Morgan fingerprint density at radius 3 is 2.82 bits per heavy atom. The summed E-state index contributed by atoms with van der Waals surface area (Å²) in [6.07, 6.45) is 1.64. The molecule has 138 valence electrons. The van der Waals surface area contributed by atoms with E-state index in [1.165, 1.54) is 0 Å². The highest BCUT2D eigenvalue weighted by Gasteiger charge is 2.14. The van der Waals surface area contributed by atoms with Gasteiger partial charge in [-0.2, -0.15) is 0 Å². The Morgan fingerprint density at radius 2 is 1.93 bits per heavy atom. The molecule has 0 atom stereocenters. The summed E-state index contributed by atoms with van der Waals surface area (Å²) in [7, 11) is 0. The van der Waals surface area contributed by atoms with Crippen molar-refractivity contribution in [2.45, 2.75) is 6.61 Å². The number of aromatic nitrogens is 4. The molecule has 2 aromatic carbocycles. The van der Waals surface area contributed by atoms with Crippen molar-refractivity contribution in [3.63, 3.8) is 0 Å². The van der Waals surface area contributed by atoms with Crippen LogP contribution in [-0.2, 0) is 6.61 Å². The van der Waals surface area contributed by atoms with Gasteiger partial charge in [-0.25, -0.2) is 14.5 Å². The number of benzene rings is 2. The first-order chi connectivity index (χ1) is 13.7. The molecule has 0 amide bonds. The maximum Gasteiger partial charge on any atom is 0.217 e. The van der Waals surface area contributed by atoms with Gasteiger partial charge < -0.3 is 9.15 Å². The summed E-state index contributed by atoms with van der Waals surface area (Å²) in [5.41, 5.74) is 1.59. The summed E-state index contributed by atoms with van der Waals surface area (Å²) in [6, 6.07) is 16.5. The molecular formula is C20H12Cl2N4O2. The molecule has 0 fully saturated rings. The number of furan rings is 1. The van der Waals surface area contributed by atoms with Gasteiger partial charge >= 0.3 is 0 Å². The number of halogens is 2. The van der Waals surface area contributed by atoms with Crippen molar-refractivity contribution in [1.82, 2.24) is 19.6 Å². The molecule has 0 N–H and O–H groups in total. The van der Waals surface area contributed by atoms with Crippen LogP contribution < -0.4 is 4.74 Å². The fourth-order valence-electron chi connectivity index (χ4n) is 2.90. The third-order valence-electron chi connectivity index (χ3n) is 4.23. The van der Waals surface area contributed by atoms with Crippen LogP contribution in [0.4, 0.5) is 0 Å². The number of ether oxygens (including phenoxy) is 1. The summed E-state index contributed by atoms with van der Waals surface area (Å²) in [5.74, 6) is 2.19. The first-order valence-electron chi connectivity index (χ1n) is 8.44. The Morgan fingerprint density at radius 1 is 1.04 bits per heavy atom. The molecule has 0 aliphatic heterocycles. The molecule has 0 radical (unpaired) electrons. The van der Waals surface area contributed by atoms with Crippen LogP contribution >= 0.6 is 23.2 Å². The number of hydrogen-bond donors (Lipinski definition) is 0. The van der Waals surface area contributed by atoms with E-state index in [9.17, 15) is 0 Å². The number of fused-ring (bicyclic) bond motifs is 3. The zero-order valence-corrected chi connectivity index (χ0v) is 15.9. The van der Waals surface area contributed by atoms with Crippen LogP contribution in [0.2, 0.25) is 10.0 Å². The van der Waals surface area contributed by atoms with Crippen LogP contribution in [0, 0.1) is 0 Å². The highest BCUT2D eigenvalue weighted by molar-refractivity contribution is 6.35. The van der Waals surface area contributed by atoms with E-state index >= 15 is 0 Å². The predicted octanol–water partition coefficient (Wildman–Crippen LogP) is 5.42. The van der Waals surface area contributed by atoms with Crippen molar-refractivity contribution in [2.24, 2.45) is 0 Å². The lowest BCUT2D eigenvalue weighted by atomic mass is 10.2. The number of hydrogen-bond acceptors (Lipinski definition) is 5. The third kappa shape index (κ3) is 3.06. The van der Waals surface area contributed by atoms with Crippen molar-refractivity contribution >= 4 is 39.8 Å². The van der Waals surface area contributed by atoms with Gasteiger partial charge in [0.1, 0.15) is 24.4 Å². The van der Waals surface area contributed by atoms with E-state index in [2.05, 4.69) is 15.1 Å². The number of rotatable bonds is 4. The highest BCUT2D eigenvalue weighted by atomic mass is 35.5. The molecule has 0 saturated carbocycles. The quantitative estimate of drug-likeness (QED) is 0.395. The van der Waals surface area contributed by atoms with Gasteiger partial charge in [-0.3, -0.25) is 0 Å². The number of nitrogens with zero attached hydrogens (tertiary/aromatic N) is 4. The molecule has 8 heteroatoms. The Kier molecular flexibility index (Phi) is 4.15. The van der Waals surface area contributed by atoms with E-state index in [4.69, 9.17) is 32.4 Å². The Balaban J connectivity index is 1.42. The monoisotopic (exact) mass is 410 g/mol. The van der Waals surface area contributed by atoms with E-state index in [-0.39, 0.29) is 6.61 Å². The standard InChI is InChI=1S/C20H12Cl2N4O2/c21-12-5-7-17(15(22)9-12)27-10-13-6-8-18(28-13)19-24-20-14-3-1-2-4-16(14)23-11-26(20)25-19/h1-9,11H,10H2. The van der Waals surface area contributed by atoms with Gasteiger partial charge in [0.15, 0.2) is 11.4 Å². The van der Waals surface area contributed by atoms with Gasteiger partial charge in [0, 0.05) is 10.4 Å². The van der Waals surface area contributed by atoms with Crippen LogP contribution in [0.25, 0.3) is 28.1 Å². The summed E-state index contributed by atoms with van der Waals surface area (Å²) >= 11 is 12.0. The first-order valence-corrected chi connectivity index (χ1v) is 9.20. The highest BCUT2D eigenvalue weighted by Crippen LogP contribution is 2.29. The lowest BCUT2D eigenvalue weighted by molar-refractivity contribution is 0.272. The second kappa shape index (κ2) is 6.82. The molecule has 0 saturated heterocycles. The van der Waals surface area contributed by atoms with Crippen molar-refractivity contribution in [2.75, 3.05) is 0 Å². The second-order valence-electron chi connectivity index (χ2n) is 6.09. The van der Waals surface area contributed by atoms with Crippen molar-refractivity contribution < 1.29 is 9.15 Å². The minimum atomic E-state index is 0.221. The van der Waals surface area contributed by atoms with E-state index in [1.807, 2.05) is 36.4 Å². The largest absolute Gasteiger partial charge is 0.484 e. The fraction of sp³-hybridized carbons (Fsp3) is 0.0500. The Bertz CT molecular complexity index is 1310. The first kappa shape index (κ1) is 17.0. The van der Waals surface area contributed by atoms with Crippen LogP contribution in [0.5, 0.6) is 5.75 Å². The molecule has 0 aliphatic rings. The third-order valence-corrected chi connectivity index (χ3v) is 4.76. The normalized spacial score (nSPS) is 11.4. The Labute approximate surface area is 169 Å². The van der Waals surface area contributed by atoms with Crippen LogP contribution in [0.3, 0.4) is 0 Å². The van der Waals surface area contributed by atoms with Gasteiger partial charge in [0.2, 0.25) is 5.82 Å². The molecule has 5 rings (SSSR count). The van der Waals surface area contributed by atoms with E-state index in [1.54, 1.807) is 29.0 Å². The van der Waals surface area contributed by atoms with E-state index in [0.29, 0.717) is 33.1 Å². The molecule has 0 spiro atoms. The zero-order valence-electron chi connectivity index (χ0n) is 14.3. The van der Waals surface area contributed by atoms with Gasteiger partial charge in [-0.05, 0) is 42.5 Å². The predicted molar refractivity (Wildman–Crippen MR) is 107 cm³/mol. The van der Waals surface area contributed by atoms with Crippen LogP contribution in [0.15, 0.2) is 65.3 Å². The lowest BCUT2D eigenvalue weighted by Crippen LogP contribution is -1.94. The van der Waals surface area contributed by atoms with E-state index in [0.717, 1.165) is 16.6 Å². The van der Waals surface area contributed by atoms with Gasteiger partial charge in [0.05, 0.1) is 10.5 Å². The molecular weight excluding hydrogens is 399 g/mol. The summed E-state index contributed by atoms with van der Waals surface area (Å²) in [6.45, 7) is 0.221. The summed E-state index contributed by atoms with van der Waals surface area (Å²) in [4.78, 5) is 8.99. The summed E-state index contributed by atoms with van der Waals surface area (Å²) < 4.78 is 13.2. The van der Waals surface area contributed by atoms with Gasteiger partial charge in [-0.1, -0.05) is 35.3 Å². The average Bonchev–Trinajstić information content (AvgIpc) is 3.34. The molecule has 3 heterocycles. The molecule has 0 aliphatic carbocycles.